The van der Waals surface area contributed by atoms with Crippen LogP contribution in [-0.2, 0) is 6.42 Å². The van der Waals surface area contributed by atoms with E-state index in [9.17, 15) is 0 Å². The first-order chi connectivity index (χ1) is 8.29. The largest absolute Gasteiger partial charge is 0.469 e. The molecule has 0 fully saturated rings. The van der Waals surface area contributed by atoms with E-state index in [1.807, 2.05) is 24.8 Å². The van der Waals surface area contributed by atoms with Crippen molar-refractivity contribution in [3.63, 3.8) is 0 Å². The number of hydrogen-bond acceptors (Lipinski definition) is 4. The van der Waals surface area contributed by atoms with Crippen LogP contribution >= 0.6 is 11.3 Å². The molecule has 0 saturated carbocycles. The van der Waals surface area contributed by atoms with E-state index in [1.54, 1.807) is 11.3 Å². The molecule has 0 aromatic carbocycles. The number of thiazole rings is 1. The zero-order valence-corrected chi connectivity index (χ0v) is 11.1. The smallest absolute Gasteiger partial charge is 0.101 e. The van der Waals surface area contributed by atoms with Gasteiger partial charge in [0.1, 0.15) is 5.76 Å². The third-order valence-electron chi connectivity index (χ3n) is 2.66. The lowest BCUT2D eigenvalue weighted by molar-refractivity contribution is 0.503. The molecule has 0 aliphatic rings. The summed E-state index contributed by atoms with van der Waals surface area (Å²) in [5, 5.41) is 6.73. The lowest BCUT2D eigenvalue weighted by Crippen LogP contribution is -2.23. The number of aryl methyl sites for hydroxylation is 1. The second kappa shape index (κ2) is 5.98. The minimum Gasteiger partial charge on any atom is -0.469 e. The van der Waals surface area contributed by atoms with E-state index >= 15 is 0 Å². The van der Waals surface area contributed by atoms with Crippen LogP contribution in [0, 0.1) is 6.92 Å². The quantitative estimate of drug-likeness (QED) is 0.854. The van der Waals surface area contributed by atoms with Crippen molar-refractivity contribution in [2.24, 2.45) is 0 Å². The molecule has 1 N–H and O–H groups in total. The molecule has 17 heavy (non-hydrogen) atoms. The summed E-state index contributed by atoms with van der Waals surface area (Å²) in [5.74, 6) is 0.961. The lowest BCUT2D eigenvalue weighted by Gasteiger charge is -2.15. The first-order valence-electron chi connectivity index (χ1n) is 5.96. The summed E-state index contributed by atoms with van der Waals surface area (Å²) in [7, 11) is 0. The van der Waals surface area contributed by atoms with Gasteiger partial charge in [-0.15, -0.1) is 11.3 Å². The van der Waals surface area contributed by atoms with E-state index in [1.165, 1.54) is 5.56 Å². The van der Waals surface area contributed by atoms with E-state index < -0.39 is 0 Å². The van der Waals surface area contributed by atoms with Gasteiger partial charge in [-0.2, -0.15) is 0 Å². The van der Waals surface area contributed by atoms with Crippen LogP contribution in [0.2, 0.25) is 0 Å². The maximum Gasteiger partial charge on any atom is 0.101 e. The molecule has 92 valence electrons. The van der Waals surface area contributed by atoms with E-state index in [0.29, 0.717) is 6.04 Å². The Balaban J connectivity index is 2.07. The Morgan fingerprint density at radius 3 is 3.00 bits per heavy atom. The molecule has 4 heteroatoms. The normalized spacial score (nSPS) is 12.8. The molecule has 0 aliphatic heterocycles. The average molecular weight is 250 g/mol. The Morgan fingerprint density at radius 2 is 2.41 bits per heavy atom. The number of hydrogen-bond donors (Lipinski definition) is 1. The van der Waals surface area contributed by atoms with Gasteiger partial charge >= 0.3 is 0 Å². The van der Waals surface area contributed by atoms with Gasteiger partial charge in [0, 0.05) is 29.6 Å². The van der Waals surface area contributed by atoms with Crippen molar-refractivity contribution in [2.45, 2.75) is 32.7 Å². The van der Waals surface area contributed by atoms with Crippen LogP contribution < -0.4 is 5.32 Å². The molecule has 0 radical (unpaired) electrons. The number of rotatable bonds is 6. The minimum atomic E-state index is 0.304. The van der Waals surface area contributed by atoms with Crippen molar-refractivity contribution in [3.05, 3.63) is 40.2 Å². The molecule has 1 unspecified atom stereocenters. The van der Waals surface area contributed by atoms with Crippen molar-refractivity contribution in [2.75, 3.05) is 6.54 Å². The number of nitrogens with one attached hydrogen (secondary N) is 1. The van der Waals surface area contributed by atoms with Crippen molar-refractivity contribution < 1.29 is 4.42 Å². The minimum absolute atomic E-state index is 0.304. The molecule has 0 saturated heterocycles. The molecule has 0 aliphatic carbocycles. The number of nitrogens with zero attached hydrogens (tertiary/aromatic N) is 1. The lowest BCUT2D eigenvalue weighted by atomic mass is 10.1. The molecule has 0 spiro atoms. The maximum absolute atomic E-state index is 5.39. The van der Waals surface area contributed by atoms with Crippen LogP contribution in [0.5, 0.6) is 0 Å². The Kier molecular flexibility index (Phi) is 4.34. The second-order valence-corrected chi connectivity index (χ2v) is 5.11. The predicted octanol–water partition coefficient (Wildman–Crippen LogP) is 3.33. The third kappa shape index (κ3) is 3.41. The maximum atomic E-state index is 5.39. The fourth-order valence-corrected chi connectivity index (χ4v) is 2.46. The second-order valence-electron chi connectivity index (χ2n) is 4.13. The fourth-order valence-electron chi connectivity index (χ4n) is 1.80. The van der Waals surface area contributed by atoms with Crippen LogP contribution in [0.25, 0.3) is 0 Å². The van der Waals surface area contributed by atoms with Crippen LogP contribution in [0.4, 0.5) is 0 Å². The third-order valence-corrected chi connectivity index (χ3v) is 3.46. The molecule has 3 nitrogen and oxygen atoms in total. The van der Waals surface area contributed by atoms with Crippen LogP contribution in [-0.4, -0.2) is 11.5 Å². The van der Waals surface area contributed by atoms with E-state index in [4.69, 9.17) is 4.42 Å². The van der Waals surface area contributed by atoms with Gasteiger partial charge in [-0.25, -0.2) is 4.98 Å². The van der Waals surface area contributed by atoms with Gasteiger partial charge in [-0.1, -0.05) is 6.92 Å². The van der Waals surface area contributed by atoms with Crippen molar-refractivity contribution in [1.29, 1.82) is 0 Å². The predicted molar refractivity (Wildman–Crippen MR) is 70.3 cm³/mol. The Morgan fingerprint density at radius 1 is 1.53 bits per heavy atom. The monoisotopic (exact) mass is 250 g/mol. The number of aromatic nitrogens is 1. The average Bonchev–Trinajstić information content (AvgIpc) is 2.95. The highest BCUT2D eigenvalue weighted by Gasteiger charge is 2.14. The molecule has 1 atom stereocenters. The van der Waals surface area contributed by atoms with Crippen LogP contribution in [0.3, 0.4) is 0 Å². The van der Waals surface area contributed by atoms with Crippen LogP contribution in [0.15, 0.2) is 28.3 Å². The molecule has 2 rings (SSSR count). The van der Waals surface area contributed by atoms with Gasteiger partial charge in [-0.05, 0) is 26.0 Å². The number of furan rings is 1. The van der Waals surface area contributed by atoms with Crippen molar-refractivity contribution in [1.82, 2.24) is 10.3 Å². The highest BCUT2D eigenvalue weighted by molar-refractivity contribution is 7.09. The molecule has 2 aromatic heterocycles. The SMILES string of the molecule is CCCNC(Cc1nccs1)c1coc(C)c1. The molecule has 2 aromatic rings. The Hall–Kier alpha value is -1.13. The van der Waals surface area contributed by atoms with E-state index in [-0.39, 0.29) is 0 Å². The Labute approximate surface area is 106 Å². The molecular formula is C13H18N2OS. The van der Waals surface area contributed by atoms with Crippen LogP contribution in [0.1, 0.15) is 35.7 Å². The van der Waals surface area contributed by atoms with E-state index in [0.717, 1.165) is 30.2 Å². The molecule has 0 amide bonds. The van der Waals surface area contributed by atoms with Gasteiger partial charge in [0.15, 0.2) is 0 Å². The summed E-state index contributed by atoms with van der Waals surface area (Å²) in [4.78, 5) is 4.34. The fraction of sp³-hybridized carbons (Fsp3) is 0.462. The van der Waals surface area contributed by atoms with Gasteiger partial charge in [0.05, 0.1) is 11.3 Å². The summed E-state index contributed by atoms with van der Waals surface area (Å²) in [6.07, 6.45) is 5.76. The van der Waals surface area contributed by atoms with Gasteiger partial charge in [0.25, 0.3) is 0 Å². The topological polar surface area (TPSA) is 38.1 Å². The van der Waals surface area contributed by atoms with Gasteiger partial charge < -0.3 is 9.73 Å². The van der Waals surface area contributed by atoms with Gasteiger partial charge in [-0.3, -0.25) is 0 Å². The zero-order valence-electron chi connectivity index (χ0n) is 10.3. The van der Waals surface area contributed by atoms with E-state index in [2.05, 4.69) is 23.3 Å². The summed E-state index contributed by atoms with van der Waals surface area (Å²) in [6, 6.07) is 2.40. The van der Waals surface area contributed by atoms with Crippen molar-refractivity contribution in [3.8, 4) is 0 Å². The first-order valence-corrected chi connectivity index (χ1v) is 6.84. The molecule has 2 heterocycles. The first kappa shape index (κ1) is 12.3. The standard InChI is InChI=1S/C13H18N2OS/c1-3-4-14-12(8-13-15-5-6-17-13)11-7-10(2)16-9-11/h5-7,9,12,14H,3-4,8H2,1-2H3. The molecule has 0 bridgehead atoms. The highest BCUT2D eigenvalue weighted by atomic mass is 32.1. The van der Waals surface area contributed by atoms with Gasteiger partial charge in [0.2, 0.25) is 0 Å². The summed E-state index contributed by atoms with van der Waals surface area (Å²) in [5.41, 5.74) is 1.21. The zero-order chi connectivity index (χ0) is 12.1. The summed E-state index contributed by atoms with van der Waals surface area (Å²) < 4.78 is 5.39. The molecular weight excluding hydrogens is 232 g/mol. The summed E-state index contributed by atoms with van der Waals surface area (Å²) in [6.45, 7) is 5.16. The Bertz CT molecular complexity index is 436. The van der Waals surface area contributed by atoms with Crippen molar-refractivity contribution >= 4 is 11.3 Å². The summed E-state index contributed by atoms with van der Waals surface area (Å²) >= 11 is 1.70. The highest BCUT2D eigenvalue weighted by Crippen LogP contribution is 2.21.